The van der Waals surface area contributed by atoms with E-state index in [1.165, 1.54) is 13.2 Å². The lowest BCUT2D eigenvalue weighted by molar-refractivity contribution is -0.135. The SMILES string of the molecule is COC(=O)C(C#N)=Cc1c(OC)ccc2ccccc12. The van der Waals surface area contributed by atoms with E-state index in [-0.39, 0.29) is 5.57 Å². The Bertz CT molecular complexity index is 726. The molecule has 0 aliphatic rings. The summed E-state index contributed by atoms with van der Waals surface area (Å²) in [7, 11) is 2.79. The molecule has 0 N–H and O–H groups in total. The molecule has 0 unspecified atom stereocenters. The smallest absolute Gasteiger partial charge is 0.348 e. The highest BCUT2D eigenvalue weighted by atomic mass is 16.5. The van der Waals surface area contributed by atoms with E-state index in [0.29, 0.717) is 11.3 Å². The van der Waals surface area contributed by atoms with Crippen molar-refractivity contribution in [2.45, 2.75) is 0 Å². The number of carbonyl (C=O) groups excluding carboxylic acids is 1. The van der Waals surface area contributed by atoms with Crippen LogP contribution in [0.3, 0.4) is 0 Å². The second-order valence-corrected chi connectivity index (χ2v) is 4.06. The van der Waals surface area contributed by atoms with Crippen molar-refractivity contribution in [2.75, 3.05) is 14.2 Å². The van der Waals surface area contributed by atoms with Crippen LogP contribution in [0.25, 0.3) is 16.8 Å². The van der Waals surface area contributed by atoms with E-state index < -0.39 is 5.97 Å². The quantitative estimate of drug-likeness (QED) is 0.487. The van der Waals surface area contributed by atoms with Crippen molar-refractivity contribution in [1.29, 1.82) is 5.26 Å². The lowest BCUT2D eigenvalue weighted by Crippen LogP contribution is -2.03. The summed E-state index contributed by atoms with van der Waals surface area (Å²) < 4.78 is 9.90. The Morgan fingerprint density at radius 1 is 1.20 bits per heavy atom. The molecule has 0 aromatic heterocycles. The first-order chi connectivity index (χ1) is 9.71. The zero-order valence-electron chi connectivity index (χ0n) is 11.2. The largest absolute Gasteiger partial charge is 0.496 e. The van der Waals surface area contributed by atoms with E-state index in [1.54, 1.807) is 13.2 Å². The van der Waals surface area contributed by atoms with E-state index >= 15 is 0 Å². The average molecular weight is 267 g/mol. The summed E-state index contributed by atoms with van der Waals surface area (Å²) in [4.78, 5) is 11.5. The van der Waals surface area contributed by atoms with Gasteiger partial charge in [-0.2, -0.15) is 5.26 Å². The fourth-order valence-electron chi connectivity index (χ4n) is 1.99. The molecule has 0 bridgehead atoms. The van der Waals surface area contributed by atoms with Crippen molar-refractivity contribution >= 4 is 22.8 Å². The highest BCUT2D eigenvalue weighted by Crippen LogP contribution is 2.30. The molecule has 100 valence electrons. The summed E-state index contributed by atoms with van der Waals surface area (Å²) >= 11 is 0. The van der Waals surface area contributed by atoms with Gasteiger partial charge in [0.2, 0.25) is 0 Å². The lowest BCUT2D eigenvalue weighted by atomic mass is 10.0. The molecule has 0 amide bonds. The van der Waals surface area contributed by atoms with Gasteiger partial charge in [0.15, 0.2) is 0 Å². The maximum Gasteiger partial charge on any atom is 0.348 e. The van der Waals surface area contributed by atoms with Gasteiger partial charge in [-0.15, -0.1) is 0 Å². The Balaban J connectivity index is 2.71. The van der Waals surface area contributed by atoms with Crippen LogP contribution >= 0.6 is 0 Å². The van der Waals surface area contributed by atoms with Crippen molar-refractivity contribution in [3.63, 3.8) is 0 Å². The molecule has 0 fully saturated rings. The van der Waals surface area contributed by atoms with Crippen molar-refractivity contribution in [3.05, 3.63) is 47.5 Å². The second-order valence-electron chi connectivity index (χ2n) is 4.06. The highest BCUT2D eigenvalue weighted by molar-refractivity contribution is 6.02. The molecule has 0 saturated heterocycles. The Kier molecular flexibility index (Phi) is 4.02. The molecule has 0 spiro atoms. The zero-order valence-corrected chi connectivity index (χ0v) is 11.2. The Morgan fingerprint density at radius 3 is 2.60 bits per heavy atom. The molecule has 20 heavy (non-hydrogen) atoms. The van der Waals surface area contributed by atoms with Crippen LogP contribution in [-0.4, -0.2) is 20.2 Å². The molecule has 2 rings (SSSR count). The fourth-order valence-corrected chi connectivity index (χ4v) is 1.99. The Hall–Kier alpha value is -2.80. The van der Waals surface area contributed by atoms with E-state index in [1.807, 2.05) is 36.4 Å². The van der Waals surface area contributed by atoms with Crippen molar-refractivity contribution < 1.29 is 14.3 Å². The van der Waals surface area contributed by atoms with Gasteiger partial charge in [-0.1, -0.05) is 30.3 Å². The van der Waals surface area contributed by atoms with Crippen LogP contribution in [0.5, 0.6) is 5.75 Å². The lowest BCUT2D eigenvalue weighted by Gasteiger charge is -2.09. The van der Waals surface area contributed by atoms with Crippen molar-refractivity contribution in [3.8, 4) is 11.8 Å². The van der Waals surface area contributed by atoms with Gasteiger partial charge in [0, 0.05) is 5.56 Å². The van der Waals surface area contributed by atoms with E-state index in [4.69, 9.17) is 10.00 Å². The molecule has 4 nitrogen and oxygen atoms in total. The number of methoxy groups -OCH3 is 2. The van der Waals surface area contributed by atoms with Crippen LogP contribution in [0, 0.1) is 11.3 Å². The maximum atomic E-state index is 11.5. The second kappa shape index (κ2) is 5.89. The number of ether oxygens (including phenoxy) is 2. The van der Waals surface area contributed by atoms with Crippen LogP contribution in [0.15, 0.2) is 42.0 Å². The number of fused-ring (bicyclic) bond motifs is 1. The van der Waals surface area contributed by atoms with Crippen LogP contribution < -0.4 is 4.74 Å². The molecular weight excluding hydrogens is 254 g/mol. The van der Waals surface area contributed by atoms with Crippen LogP contribution in [0.4, 0.5) is 0 Å². The van der Waals surface area contributed by atoms with Crippen molar-refractivity contribution in [1.82, 2.24) is 0 Å². The molecule has 4 heteroatoms. The average Bonchev–Trinajstić information content (AvgIpc) is 2.51. The summed E-state index contributed by atoms with van der Waals surface area (Å²) in [6, 6.07) is 13.3. The third kappa shape index (κ3) is 2.47. The summed E-state index contributed by atoms with van der Waals surface area (Å²) in [5, 5.41) is 11.0. The van der Waals surface area contributed by atoms with E-state index in [9.17, 15) is 4.79 Å². The maximum absolute atomic E-state index is 11.5. The summed E-state index contributed by atoms with van der Waals surface area (Å²) in [5.41, 5.74) is 0.620. The van der Waals surface area contributed by atoms with Gasteiger partial charge in [0.05, 0.1) is 14.2 Å². The predicted octanol–water partition coefficient (Wildman–Crippen LogP) is 2.93. The summed E-state index contributed by atoms with van der Waals surface area (Å²) in [6.45, 7) is 0. The molecule has 0 aliphatic heterocycles. The zero-order chi connectivity index (χ0) is 14.5. The number of hydrogen-bond donors (Lipinski definition) is 0. The Morgan fingerprint density at radius 2 is 1.95 bits per heavy atom. The van der Waals surface area contributed by atoms with Crippen molar-refractivity contribution in [2.24, 2.45) is 0 Å². The highest BCUT2D eigenvalue weighted by Gasteiger charge is 2.12. The van der Waals surface area contributed by atoms with Gasteiger partial charge in [0.1, 0.15) is 17.4 Å². The fraction of sp³-hybridized carbons (Fsp3) is 0.125. The Labute approximate surface area is 116 Å². The number of hydrogen-bond acceptors (Lipinski definition) is 4. The van der Waals surface area contributed by atoms with Crippen LogP contribution in [0.1, 0.15) is 5.56 Å². The van der Waals surface area contributed by atoms with Gasteiger partial charge in [-0.05, 0) is 22.9 Å². The molecule has 0 atom stereocenters. The number of nitriles is 1. The normalized spacial score (nSPS) is 10.9. The van der Waals surface area contributed by atoms with Gasteiger partial charge in [-0.3, -0.25) is 0 Å². The first-order valence-electron chi connectivity index (χ1n) is 5.97. The van der Waals surface area contributed by atoms with Gasteiger partial charge >= 0.3 is 5.97 Å². The minimum Gasteiger partial charge on any atom is -0.496 e. The topological polar surface area (TPSA) is 59.3 Å². The first kappa shape index (κ1) is 13.6. The van der Waals surface area contributed by atoms with Gasteiger partial charge in [-0.25, -0.2) is 4.79 Å². The standard InChI is InChI=1S/C16H13NO3/c1-19-15-8-7-11-5-3-4-6-13(11)14(15)9-12(10-17)16(18)20-2/h3-9H,1-2H3. The number of benzene rings is 2. The van der Waals surface area contributed by atoms with E-state index in [2.05, 4.69) is 4.74 Å². The molecule has 0 heterocycles. The van der Waals surface area contributed by atoms with E-state index in [0.717, 1.165) is 10.8 Å². The first-order valence-corrected chi connectivity index (χ1v) is 5.97. The monoisotopic (exact) mass is 267 g/mol. The summed E-state index contributed by atoms with van der Waals surface area (Å²) in [5.74, 6) is -0.0668. The van der Waals surface area contributed by atoms with Gasteiger partial charge < -0.3 is 9.47 Å². The minimum absolute atomic E-state index is 0.0675. The number of carbonyl (C=O) groups is 1. The van der Waals surface area contributed by atoms with Gasteiger partial charge in [0.25, 0.3) is 0 Å². The number of esters is 1. The summed E-state index contributed by atoms with van der Waals surface area (Å²) in [6.07, 6.45) is 1.49. The molecule has 0 saturated carbocycles. The minimum atomic E-state index is -0.664. The molecule has 0 radical (unpaired) electrons. The van der Waals surface area contributed by atoms with Crippen LogP contribution in [0.2, 0.25) is 0 Å². The molecule has 2 aromatic rings. The predicted molar refractivity (Wildman–Crippen MR) is 76.1 cm³/mol. The number of rotatable bonds is 3. The number of nitrogens with zero attached hydrogens (tertiary/aromatic N) is 1. The van der Waals surface area contributed by atoms with Crippen LogP contribution in [-0.2, 0) is 9.53 Å². The molecule has 0 aliphatic carbocycles. The molecular formula is C16H13NO3. The third-order valence-corrected chi connectivity index (χ3v) is 2.97. The third-order valence-electron chi connectivity index (χ3n) is 2.97. The molecule has 2 aromatic carbocycles.